The summed E-state index contributed by atoms with van der Waals surface area (Å²) in [5.74, 6) is 0.842. The van der Waals surface area contributed by atoms with Crippen molar-refractivity contribution in [1.29, 1.82) is 0 Å². The third kappa shape index (κ3) is 2.55. The quantitative estimate of drug-likeness (QED) is 0.766. The van der Waals surface area contributed by atoms with Crippen molar-refractivity contribution in [2.75, 3.05) is 12.4 Å². The fourth-order valence-corrected chi connectivity index (χ4v) is 1.88. The van der Waals surface area contributed by atoms with E-state index < -0.39 is 6.10 Å². The van der Waals surface area contributed by atoms with Crippen LogP contribution >= 0.6 is 0 Å². The van der Waals surface area contributed by atoms with Crippen molar-refractivity contribution in [1.82, 2.24) is 0 Å². The van der Waals surface area contributed by atoms with E-state index >= 15 is 0 Å². The van der Waals surface area contributed by atoms with Gasteiger partial charge in [-0.15, -0.1) is 0 Å². The minimum Gasteiger partial charge on any atom is -0.497 e. The second kappa shape index (κ2) is 5.03. The van der Waals surface area contributed by atoms with Gasteiger partial charge in [0.1, 0.15) is 5.75 Å². The number of allylic oxidation sites excluding steroid dienone is 1. The number of nitrogens with one attached hydrogen (secondary N) is 1. The molecule has 2 rings (SSSR count). The van der Waals surface area contributed by atoms with Gasteiger partial charge in [0.25, 0.3) is 0 Å². The number of aliphatic hydroxyl groups is 1. The molecule has 0 spiro atoms. The number of anilines is 1. The molecule has 1 aliphatic rings. The predicted molar refractivity (Wildman–Crippen MR) is 64.8 cm³/mol. The van der Waals surface area contributed by atoms with E-state index in [0.29, 0.717) is 0 Å². The van der Waals surface area contributed by atoms with Gasteiger partial charge in [-0.1, -0.05) is 12.2 Å². The molecule has 0 aliphatic heterocycles. The molecule has 0 unspecified atom stereocenters. The van der Waals surface area contributed by atoms with Crippen LogP contribution in [-0.2, 0) is 0 Å². The highest BCUT2D eigenvalue weighted by atomic mass is 16.5. The van der Waals surface area contributed by atoms with Crippen LogP contribution in [0.3, 0.4) is 0 Å². The molecule has 1 aromatic carbocycles. The maximum absolute atomic E-state index is 9.76. The second-order valence-corrected chi connectivity index (χ2v) is 3.98. The van der Waals surface area contributed by atoms with Gasteiger partial charge in [0, 0.05) is 5.69 Å². The highest BCUT2D eigenvalue weighted by Gasteiger charge is 2.18. The van der Waals surface area contributed by atoms with E-state index in [-0.39, 0.29) is 6.04 Å². The van der Waals surface area contributed by atoms with E-state index in [0.717, 1.165) is 24.3 Å². The Morgan fingerprint density at radius 3 is 2.69 bits per heavy atom. The van der Waals surface area contributed by atoms with Crippen LogP contribution in [0.5, 0.6) is 5.75 Å². The van der Waals surface area contributed by atoms with Gasteiger partial charge in [-0.2, -0.15) is 0 Å². The topological polar surface area (TPSA) is 41.5 Å². The lowest BCUT2D eigenvalue weighted by Crippen LogP contribution is -2.33. The van der Waals surface area contributed by atoms with E-state index in [9.17, 15) is 5.11 Å². The summed E-state index contributed by atoms with van der Waals surface area (Å²) in [6.07, 6.45) is 5.46. The van der Waals surface area contributed by atoms with Gasteiger partial charge in [0.15, 0.2) is 0 Å². The Labute approximate surface area is 95.7 Å². The zero-order valence-corrected chi connectivity index (χ0v) is 9.39. The smallest absolute Gasteiger partial charge is 0.119 e. The van der Waals surface area contributed by atoms with Crippen molar-refractivity contribution in [2.45, 2.75) is 25.0 Å². The van der Waals surface area contributed by atoms with Crippen molar-refractivity contribution in [3.63, 3.8) is 0 Å². The predicted octanol–water partition coefficient (Wildman–Crippen LogP) is 2.19. The molecule has 1 aromatic rings. The third-order valence-corrected chi connectivity index (χ3v) is 2.83. The van der Waals surface area contributed by atoms with Gasteiger partial charge in [-0.3, -0.25) is 0 Å². The van der Waals surface area contributed by atoms with Crippen LogP contribution in [0.15, 0.2) is 36.4 Å². The fourth-order valence-electron chi connectivity index (χ4n) is 1.88. The average Bonchev–Trinajstić information content (AvgIpc) is 2.33. The van der Waals surface area contributed by atoms with Crippen LogP contribution in [0.25, 0.3) is 0 Å². The summed E-state index contributed by atoms with van der Waals surface area (Å²) < 4.78 is 5.09. The second-order valence-electron chi connectivity index (χ2n) is 3.98. The summed E-state index contributed by atoms with van der Waals surface area (Å²) in [4.78, 5) is 0. The number of hydrogen-bond acceptors (Lipinski definition) is 3. The zero-order chi connectivity index (χ0) is 11.4. The summed E-state index contributed by atoms with van der Waals surface area (Å²) in [5, 5.41) is 13.1. The highest BCUT2D eigenvalue weighted by molar-refractivity contribution is 5.47. The van der Waals surface area contributed by atoms with Crippen molar-refractivity contribution < 1.29 is 9.84 Å². The van der Waals surface area contributed by atoms with Gasteiger partial charge in [0.2, 0.25) is 0 Å². The Bertz CT molecular complexity index is 359. The lowest BCUT2D eigenvalue weighted by molar-refractivity contribution is 0.189. The van der Waals surface area contributed by atoms with Crippen LogP contribution in [0.4, 0.5) is 5.69 Å². The Hall–Kier alpha value is -1.48. The zero-order valence-electron chi connectivity index (χ0n) is 9.39. The molecule has 86 valence electrons. The maximum Gasteiger partial charge on any atom is 0.119 e. The molecule has 1 aliphatic carbocycles. The minimum atomic E-state index is -0.393. The molecule has 0 amide bonds. The van der Waals surface area contributed by atoms with Crippen molar-refractivity contribution in [3.05, 3.63) is 36.4 Å². The van der Waals surface area contributed by atoms with Crippen LogP contribution in [0, 0.1) is 0 Å². The minimum absolute atomic E-state index is 0.110. The maximum atomic E-state index is 9.76. The molecule has 0 saturated carbocycles. The molecule has 0 bridgehead atoms. The normalized spacial score (nSPS) is 24.1. The molecule has 3 nitrogen and oxygen atoms in total. The molecule has 16 heavy (non-hydrogen) atoms. The van der Waals surface area contributed by atoms with Crippen LogP contribution in [0.1, 0.15) is 12.8 Å². The number of hydrogen-bond donors (Lipinski definition) is 2. The lowest BCUT2D eigenvalue weighted by Gasteiger charge is -2.25. The molecule has 0 heterocycles. The first-order valence-corrected chi connectivity index (χ1v) is 5.55. The van der Waals surface area contributed by atoms with E-state index in [2.05, 4.69) is 5.32 Å². The lowest BCUT2D eigenvalue weighted by atomic mass is 9.99. The number of aliphatic hydroxyl groups excluding tert-OH is 1. The van der Waals surface area contributed by atoms with Crippen LogP contribution in [0.2, 0.25) is 0 Å². The first kappa shape index (κ1) is 11.0. The molecule has 2 atom stereocenters. The molecule has 2 N–H and O–H groups in total. The first-order valence-electron chi connectivity index (χ1n) is 5.55. The number of benzene rings is 1. The van der Waals surface area contributed by atoms with E-state index in [4.69, 9.17) is 4.74 Å². The van der Waals surface area contributed by atoms with Gasteiger partial charge in [-0.25, -0.2) is 0 Å². The molecule has 0 fully saturated rings. The van der Waals surface area contributed by atoms with Crippen LogP contribution in [-0.4, -0.2) is 24.4 Å². The van der Waals surface area contributed by atoms with Gasteiger partial charge in [0.05, 0.1) is 19.3 Å². The van der Waals surface area contributed by atoms with E-state index in [1.165, 1.54) is 0 Å². The summed E-state index contributed by atoms with van der Waals surface area (Å²) in [6.45, 7) is 0. The molecule has 3 heteroatoms. The number of ether oxygens (including phenoxy) is 1. The van der Waals surface area contributed by atoms with Crippen molar-refractivity contribution in [3.8, 4) is 5.75 Å². The average molecular weight is 219 g/mol. The van der Waals surface area contributed by atoms with Gasteiger partial charge < -0.3 is 15.2 Å². The number of rotatable bonds is 3. The standard InChI is InChI=1S/C13H17NO2/c1-16-11-8-6-10(7-9-11)14-12-4-2-3-5-13(12)15/h3,5-9,12-15H,2,4H2,1H3/t12-,13-/m1/s1. The fraction of sp³-hybridized carbons (Fsp3) is 0.385. The van der Waals surface area contributed by atoms with E-state index in [1.807, 2.05) is 36.4 Å². The highest BCUT2D eigenvalue weighted by Crippen LogP contribution is 2.20. The van der Waals surface area contributed by atoms with Crippen molar-refractivity contribution in [2.24, 2.45) is 0 Å². The molecule has 0 radical (unpaired) electrons. The Balaban J connectivity index is 2.00. The summed E-state index contributed by atoms with van der Waals surface area (Å²) >= 11 is 0. The molecular formula is C13H17NO2. The molecule has 0 aromatic heterocycles. The monoisotopic (exact) mass is 219 g/mol. The SMILES string of the molecule is COc1ccc(N[C@@H]2CCC=C[C@H]2O)cc1. The molecular weight excluding hydrogens is 202 g/mol. The van der Waals surface area contributed by atoms with Gasteiger partial charge >= 0.3 is 0 Å². The Kier molecular flexibility index (Phi) is 3.47. The largest absolute Gasteiger partial charge is 0.497 e. The first-order chi connectivity index (χ1) is 7.79. The summed E-state index contributed by atoms with van der Waals surface area (Å²) in [5.41, 5.74) is 1.01. The summed E-state index contributed by atoms with van der Waals surface area (Å²) in [7, 11) is 1.65. The summed E-state index contributed by atoms with van der Waals surface area (Å²) in [6, 6.07) is 7.85. The number of methoxy groups -OCH3 is 1. The molecule has 0 saturated heterocycles. The third-order valence-electron chi connectivity index (χ3n) is 2.83. The van der Waals surface area contributed by atoms with Gasteiger partial charge in [-0.05, 0) is 37.1 Å². The van der Waals surface area contributed by atoms with Crippen LogP contribution < -0.4 is 10.1 Å². The van der Waals surface area contributed by atoms with E-state index in [1.54, 1.807) is 7.11 Å². The Morgan fingerprint density at radius 1 is 1.31 bits per heavy atom. The van der Waals surface area contributed by atoms with Crippen molar-refractivity contribution >= 4 is 5.69 Å². The Morgan fingerprint density at radius 2 is 2.06 bits per heavy atom.